The molecule has 0 bridgehead atoms. The number of hydrogen-bond acceptors (Lipinski definition) is 1. The van der Waals surface area contributed by atoms with Gasteiger partial charge in [0.15, 0.2) is 0 Å². The number of halogens is 1. The van der Waals surface area contributed by atoms with Crippen LogP contribution in [0.5, 0.6) is 11.5 Å². The summed E-state index contributed by atoms with van der Waals surface area (Å²) in [5, 5.41) is 0.628. The molecule has 0 aromatic heterocycles. The molecule has 0 amide bonds. The predicted octanol–water partition coefficient (Wildman–Crippen LogP) is 4.75. The Bertz CT molecular complexity index is 506. The van der Waals surface area contributed by atoms with Gasteiger partial charge in [0.05, 0.1) is 5.02 Å². The molecule has 2 heteroatoms. The fourth-order valence-corrected chi connectivity index (χ4v) is 1.66. The number of hydrogen-bond donors (Lipinski definition) is 0. The lowest BCUT2D eigenvalue weighted by Crippen LogP contribution is -1.90. The molecule has 16 heavy (non-hydrogen) atoms. The Kier molecular flexibility index (Phi) is 3.16. The fraction of sp³-hybridized carbons (Fsp3) is 0.143. The summed E-state index contributed by atoms with van der Waals surface area (Å²) < 4.78 is 5.79. The Labute approximate surface area is 101 Å². The van der Waals surface area contributed by atoms with Crippen LogP contribution < -0.4 is 4.74 Å². The second-order valence-electron chi connectivity index (χ2n) is 3.73. The van der Waals surface area contributed by atoms with E-state index >= 15 is 0 Å². The summed E-state index contributed by atoms with van der Waals surface area (Å²) in [6.45, 7) is 4.11. The van der Waals surface area contributed by atoms with Crippen molar-refractivity contribution in [2.75, 3.05) is 0 Å². The van der Waals surface area contributed by atoms with Crippen LogP contribution >= 0.6 is 11.6 Å². The van der Waals surface area contributed by atoms with Crippen molar-refractivity contribution in [3.05, 3.63) is 58.6 Å². The lowest BCUT2D eigenvalue weighted by Gasteiger charge is -2.11. The van der Waals surface area contributed by atoms with Crippen LogP contribution in [0.2, 0.25) is 5.02 Å². The summed E-state index contributed by atoms with van der Waals surface area (Å²) in [7, 11) is 0. The topological polar surface area (TPSA) is 9.23 Å². The third-order valence-electron chi connectivity index (χ3n) is 2.61. The van der Waals surface area contributed by atoms with Crippen molar-refractivity contribution in [3.63, 3.8) is 0 Å². The first kappa shape index (κ1) is 11.0. The predicted molar refractivity (Wildman–Crippen MR) is 67.4 cm³/mol. The summed E-state index contributed by atoms with van der Waals surface area (Å²) in [6, 6.07) is 13.5. The minimum absolute atomic E-state index is 0.628. The van der Waals surface area contributed by atoms with E-state index in [2.05, 4.69) is 13.0 Å². The van der Waals surface area contributed by atoms with Crippen LogP contribution in [0.15, 0.2) is 42.5 Å². The highest BCUT2D eigenvalue weighted by atomic mass is 35.5. The minimum Gasteiger partial charge on any atom is -0.456 e. The van der Waals surface area contributed by atoms with Gasteiger partial charge >= 0.3 is 0 Å². The molecule has 0 spiro atoms. The van der Waals surface area contributed by atoms with Gasteiger partial charge < -0.3 is 4.74 Å². The first-order chi connectivity index (χ1) is 7.68. The van der Waals surface area contributed by atoms with E-state index in [0.29, 0.717) is 10.8 Å². The molecular weight excluding hydrogens is 220 g/mol. The molecule has 0 saturated heterocycles. The molecule has 1 nitrogen and oxygen atoms in total. The quantitative estimate of drug-likeness (QED) is 0.726. The van der Waals surface area contributed by atoms with E-state index in [0.717, 1.165) is 11.3 Å². The van der Waals surface area contributed by atoms with E-state index in [9.17, 15) is 0 Å². The number of aryl methyl sites for hydroxylation is 1. The monoisotopic (exact) mass is 232 g/mol. The Morgan fingerprint density at radius 3 is 2.31 bits per heavy atom. The van der Waals surface area contributed by atoms with E-state index in [1.54, 1.807) is 0 Å². The Hall–Kier alpha value is -1.47. The van der Waals surface area contributed by atoms with Crippen molar-refractivity contribution in [1.82, 2.24) is 0 Å². The number of para-hydroxylation sites is 1. The average molecular weight is 233 g/mol. The van der Waals surface area contributed by atoms with Crippen LogP contribution in [-0.2, 0) is 0 Å². The van der Waals surface area contributed by atoms with Gasteiger partial charge in [-0.3, -0.25) is 0 Å². The average Bonchev–Trinajstić information content (AvgIpc) is 2.28. The summed E-state index contributed by atoms with van der Waals surface area (Å²) in [4.78, 5) is 0. The molecule has 82 valence electrons. The molecule has 2 aromatic carbocycles. The zero-order chi connectivity index (χ0) is 11.5. The van der Waals surface area contributed by atoms with Crippen LogP contribution in [0.4, 0.5) is 0 Å². The van der Waals surface area contributed by atoms with E-state index in [1.165, 1.54) is 5.56 Å². The lowest BCUT2D eigenvalue weighted by atomic mass is 10.1. The van der Waals surface area contributed by atoms with Crippen LogP contribution in [0.3, 0.4) is 0 Å². The van der Waals surface area contributed by atoms with Gasteiger partial charge in [0.1, 0.15) is 11.5 Å². The molecule has 0 fully saturated rings. The van der Waals surface area contributed by atoms with E-state index in [4.69, 9.17) is 16.3 Å². The summed E-state index contributed by atoms with van der Waals surface area (Å²) in [6.07, 6.45) is 0. The van der Waals surface area contributed by atoms with Crippen molar-refractivity contribution in [1.29, 1.82) is 0 Å². The molecule has 0 aliphatic heterocycles. The highest BCUT2D eigenvalue weighted by molar-refractivity contribution is 6.32. The first-order valence-electron chi connectivity index (χ1n) is 5.17. The van der Waals surface area contributed by atoms with Crippen molar-refractivity contribution in [3.8, 4) is 11.5 Å². The normalized spacial score (nSPS) is 10.2. The standard InChI is InChI=1S/C14H13ClO/c1-10-6-5-9-13(11(10)2)16-14-8-4-3-7-12(14)15/h3-9H,1-2H3. The largest absolute Gasteiger partial charge is 0.456 e. The van der Waals surface area contributed by atoms with Crippen LogP contribution in [-0.4, -0.2) is 0 Å². The maximum Gasteiger partial charge on any atom is 0.146 e. The van der Waals surface area contributed by atoms with Crippen LogP contribution in [0, 0.1) is 13.8 Å². The van der Waals surface area contributed by atoms with E-state index in [-0.39, 0.29) is 0 Å². The molecule has 0 N–H and O–H groups in total. The van der Waals surface area contributed by atoms with E-state index in [1.807, 2.05) is 43.3 Å². The molecule has 2 rings (SSSR count). The highest BCUT2D eigenvalue weighted by Gasteiger charge is 2.05. The van der Waals surface area contributed by atoms with Crippen LogP contribution in [0.25, 0.3) is 0 Å². The smallest absolute Gasteiger partial charge is 0.146 e. The molecule has 0 aliphatic carbocycles. The van der Waals surface area contributed by atoms with E-state index < -0.39 is 0 Å². The maximum atomic E-state index is 6.04. The zero-order valence-corrected chi connectivity index (χ0v) is 10.1. The summed E-state index contributed by atoms with van der Waals surface area (Å²) in [5.74, 6) is 1.55. The van der Waals surface area contributed by atoms with Crippen molar-refractivity contribution >= 4 is 11.6 Å². The van der Waals surface area contributed by atoms with Crippen molar-refractivity contribution < 1.29 is 4.74 Å². The summed E-state index contributed by atoms with van der Waals surface area (Å²) >= 11 is 6.04. The highest BCUT2D eigenvalue weighted by Crippen LogP contribution is 2.31. The van der Waals surface area contributed by atoms with Gasteiger partial charge in [-0.05, 0) is 43.2 Å². The molecule has 0 heterocycles. The van der Waals surface area contributed by atoms with Gasteiger partial charge in [0, 0.05) is 0 Å². The Morgan fingerprint density at radius 2 is 1.56 bits per heavy atom. The van der Waals surface area contributed by atoms with Gasteiger partial charge in [0.25, 0.3) is 0 Å². The Balaban J connectivity index is 2.35. The molecule has 0 atom stereocenters. The SMILES string of the molecule is Cc1cccc(Oc2ccccc2Cl)c1C. The molecule has 0 radical (unpaired) electrons. The van der Waals surface area contributed by atoms with Gasteiger partial charge in [-0.25, -0.2) is 0 Å². The molecule has 0 unspecified atom stereocenters. The maximum absolute atomic E-state index is 6.04. The second kappa shape index (κ2) is 4.58. The number of rotatable bonds is 2. The zero-order valence-electron chi connectivity index (χ0n) is 9.33. The van der Waals surface area contributed by atoms with Crippen molar-refractivity contribution in [2.24, 2.45) is 0 Å². The second-order valence-corrected chi connectivity index (χ2v) is 4.14. The molecular formula is C14H13ClO. The third kappa shape index (κ3) is 2.20. The van der Waals surface area contributed by atoms with Gasteiger partial charge in [-0.15, -0.1) is 0 Å². The molecule has 0 aliphatic rings. The van der Waals surface area contributed by atoms with Crippen molar-refractivity contribution in [2.45, 2.75) is 13.8 Å². The fourth-order valence-electron chi connectivity index (χ4n) is 1.48. The van der Waals surface area contributed by atoms with Gasteiger partial charge in [0.2, 0.25) is 0 Å². The lowest BCUT2D eigenvalue weighted by molar-refractivity contribution is 0.478. The first-order valence-corrected chi connectivity index (χ1v) is 5.55. The van der Waals surface area contributed by atoms with Gasteiger partial charge in [-0.2, -0.15) is 0 Å². The molecule has 2 aromatic rings. The number of ether oxygens (including phenoxy) is 1. The van der Waals surface area contributed by atoms with Crippen LogP contribution in [0.1, 0.15) is 11.1 Å². The Morgan fingerprint density at radius 1 is 0.875 bits per heavy atom. The third-order valence-corrected chi connectivity index (χ3v) is 2.92. The summed E-state index contributed by atoms with van der Waals surface area (Å²) in [5.41, 5.74) is 2.35. The van der Waals surface area contributed by atoms with Gasteiger partial charge in [-0.1, -0.05) is 35.9 Å². The minimum atomic E-state index is 0.628. The molecule has 0 saturated carbocycles. The number of benzene rings is 2.